The molecular weight excluding hydrogens is 324 g/mol. The van der Waals surface area contributed by atoms with Crippen molar-refractivity contribution in [2.24, 2.45) is 5.92 Å². The van der Waals surface area contributed by atoms with Crippen LogP contribution >= 0.6 is 15.9 Å². The number of methoxy groups -OCH3 is 1. The summed E-state index contributed by atoms with van der Waals surface area (Å²) >= 11 is 3.44. The van der Waals surface area contributed by atoms with Gasteiger partial charge in [-0.25, -0.2) is 0 Å². The Kier molecular flexibility index (Phi) is 5.43. The molecule has 20 heavy (non-hydrogen) atoms. The van der Waals surface area contributed by atoms with Crippen LogP contribution in [0.2, 0.25) is 0 Å². The highest BCUT2D eigenvalue weighted by atomic mass is 79.9. The molecule has 0 aliphatic heterocycles. The lowest BCUT2D eigenvalue weighted by molar-refractivity contribution is -0.143. The average Bonchev–Trinajstić information content (AvgIpc) is 2.45. The summed E-state index contributed by atoms with van der Waals surface area (Å²) in [6.45, 7) is 0.491. The second-order valence-corrected chi connectivity index (χ2v) is 5.99. The number of halogens is 1. The van der Waals surface area contributed by atoms with Crippen LogP contribution in [-0.2, 0) is 16.1 Å². The van der Waals surface area contributed by atoms with Gasteiger partial charge in [-0.2, -0.15) is 0 Å². The molecule has 0 bridgehead atoms. The van der Waals surface area contributed by atoms with E-state index in [1.54, 1.807) is 7.11 Å². The van der Waals surface area contributed by atoms with Gasteiger partial charge in [0.2, 0.25) is 0 Å². The predicted octanol–water partition coefficient (Wildman–Crippen LogP) is 3.62. The van der Waals surface area contributed by atoms with Crippen molar-refractivity contribution in [2.75, 3.05) is 7.11 Å². The standard InChI is InChI=1S/C15H19BrO4/c1-19-14-7-4-12(16)8-11(14)9-20-13-5-2-10(3-6-13)15(17)18/h4,7-8,10,13H,2-3,5-6,9H2,1H3,(H,17,18). The summed E-state index contributed by atoms with van der Waals surface area (Å²) in [5.74, 6) is -0.0696. The third kappa shape index (κ3) is 3.96. The molecule has 4 nitrogen and oxygen atoms in total. The van der Waals surface area contributed by atoms with Gasteiger partial charge in [0.15, 0.2) is 0 Å². The molecule has 2 rings (SSSR count). The van der Waals surface area contributed by atoms with Gasteiger partial charge < -0.3 is 14.6 Å². The maximum absolute atomic E-state index is 10.9. The minimum Gasteiger partial charge on any atom is -0.496 e. The van der Waals surface area contributed by atoms with Crippen molar-refractivity contribution in [3.8, 4) is 5.75 Å². The summed E-state index contributed by atoms with van der Waals surface area (Å²) in [6.07, 6.45) is 3.18. The van der Waals surface area contributed by atoms with E-state index < -0.39 is 5.97 Å². The van der Waals surface area contributed by atoms with Gasteiger partial charge in [-0.05, 0) is 43.9 Å². The first-order chi connectivity index (χ1) is 9.60. The van der Waals surface area contributed by atoms with Gasteiger partial charge in [0, 0.05) is 10.0 Å². The first-order valence-corrected chi connectivity index (χ1v) is 7.56. The summed E-state index contributed by atoms with van der Waals surface area (Å²) in [6, 6.07) is 5.83. The lowest BCUT2D eigenvalue weighted by atomic mass is 9.87. The van der Waals surface area contributed by atoms with E-state index in [4.69, 9.17) is 14.6 Å². The molecule has 0 amide bonds. The fourth-order valence-corrected chi connectivity index (χ4v) is 2.95. The van der Waals surface area contributed by atoms with Crippen LogP contribution < -0.4 is 4.74 Å². The van der Waals surface area contributed by atoms with Crippen molar-refractivity contribution in [3.63, 3.8) is 0 Å². The smallest absolute Gasteiger partial charge is 0.306 e. The molecule has 0 unspecified atom stereocenters. The SMILES string of the molecule is COc1ccc(Br)cc1COC1CCC(C(=O)O)CC1. The zero-order chi connectivity index (χ0) is 14.5. The minimum atomic E-state index is -0.683. The van der Waals surface area contributed by atoms with Crippen LogP contribution in [0.4, 0.5) is 0 Å². The molecule has 1 aliphatic rings. The highest BCUT2D eigenvalue weighted by Crippen LogP contribution is 2.29. The molecule has 0 saturated heterocycles. The summed E-state index contributed by atoms with van der Waals surface area (Å²) < 4.78 is 12.2. The number of rotatable bonds is 5. The van der Waals surface area contributed by atoms with Crippen LogP contribution in [0.3, 0.4) is 0 Å². The molecule has 1 saturated carbocycles. The van der Waals surface area contributed by atoms with Crippen molar-refractivity contribution in [2.45, 2.75) is 38.4 Å². The third-order valence-corrected chi connectivity index (χ3v) is 4.23. The van der Waals surface area contributed by atoms with E-state index in [0.29, 0.717) is 19.4 Å². The molecule has 0 spiro atoms. The fourth-order valence-electron chi connectivity index (χ4n) is 2.54. The maximum Gasteiger partial charge on any atom is 0.306 e. The zero-order valence-electron chi connectivity index (χ0n) is 11.5. The Labute approximate surface area is 127 Å². The summed E-state index contributed by atoms with van der Waals surface area (Å²) in [4.78, 5) is 10.9. The van der Waals surface area contributed by atoms with Crippen molar-refractivity contribution in [1.29, 1.82) is 0 Å². The van der Waals surface area contributed by atoms with Gasteiger partial charge in [0.25, 0.3) is 0 Å². The van der Waals surface area contributed by atoms with E-state index in [-0.39, 0.29) is 12.0 Å². The van der Waals surface area contributed by atoms with Crippen molar-refractivity contribution >= 4 is 21.9 Å². The van der Waals surface area contributed by atoms with Crippen molar-refractivity contribution in [1.82, 2.24) is 0 Å². The van der Waals surface area contributed by atoms with E-state index >= 15 is 0 Å². The highest BCUT2D eigenvalue weighted by molar-refractivity contribution is 9.10. The van der Waals surface area contributed by atoms with Crippen molar-refractivity contribution in [3.05, 3.63) is 28.2 Å². The molecule has 1 aromatic carbocycles. The zero-order valence-corrected chi connectivity index (χ0v) is 13.1. The van der Waals surface area contributed by atoms with Gasteiger partial charge >= 0.3 is 5.97 Å². The van der Waals surface area contributed by atoms with Crippen LogP contribution in [-0.4, -0.2) is 24.3 Å². The van der Waals surface area contributed by atoms with Gasteiger partial charge in [-0.3, -0.25) is 4.79 Å². The number of hydrogen-bond acceptors (Lipinski definition) is 3. The topological polar surface area (TPSA) is 55.8 Å². The van der Waals surface area contributed by atoms with E-state index in [1.807, 2.05) is 18.2 Å². The predicted molar refractivity (Wildman–Crippen MR) is 78.9 cm³/mol. The molecule has 0 heterocycles. The number of ether oxygens (including phenoxy) is 2. The van der Waals surface area contributed by atoms with Crippen LogP contribution in [0.1, 0.15) is 31.2 Å². The number of carboxylic acids is 1. The molecule has 1 aliphatic carbocycles. The quantitative estimate of drug-likeness (QED) is 0.887. The Bertz CT molecular complexity index is 467. The second-order valence-electron chi connectivity index (χ2n) is 5.08. The Morgan fingerprint density at radius 1 is 1.35 bits per heavy atom. The summed E-state index contributed by atoms with van der Waals surface area (Å²) in [7, 11) is 1.64. The van der Waals surface area contributed by atoms with Gasteiger partial charge in [-0.15, -0.1) is 0 Å². The van der Waals surface area contributed by atoms with E-state index in [1.165, 1.54) is 0 Å². The Balaban J connectivity index is 1.87. The molecule has 0 atom stereocenters. The first kappa shape index (κ1) is 15.3. The van der Waals surface area contributed by atoms with Gasteiger partial charge in [0.05, 0.1) is 25.7 Å². The maximum atomic E-state index is 10.9. The van der Waals surface area contributed by atoms with Crippen LogP contribution in [0.25, 0.3) is 0 Å². The lowest BCUT2D eigenvalue weighted by Crippen LogP contribution is -2.26. The largest absolute Gasteiger partial charge is 0.496 e. The van der Waals surface area contributed by atoms with Gasteiger partial charge in [0.1, 0.15) is 5.75 Å². The molecule has 1 aromatic rings. The number of carbonyl (C=O) groups is 1. The molecular formula is C15H19BrO4. The molecule has 5 heteroatoms. The number of aliphatic carboxylic acids is 1. The lowest BCUT2D eigenvalue weighted by Gasteiger charge is -2.26. The second kappa shape index (κ2) is 7.09. The number of hydrogen-bond donors (Lipinski definition) is 1. The molecule has 0 radical (unpaired) electrons. The van der Waals surface area contributed by atoms with Gasteiger partial charge in [-0.1, -0.05) is 15.9 Å². The molecule has 110 valence electrons. The third-order valence-electron chi connectivity index (χ3n) is 3.74. The average molecular weight is 343 g/mol. The number of carboxylic acid groups (broad SMARTS) is 1. The van der Waals surface area contributed by atoms with Crippen LogP contribution in [0.15, 0.2) is 22.7 Å². The van der Waals surface area contributed by atoms with E-state index in [0.717, 1.165) is 28.6 Å². The normalized spacial score (nSPS) is 22.5. The minimum absolute atomic E-state index is 0.147. The highest BCUT2D eigenvalue weighted by Gasteiger charge is 2.26. The van der Waals surface area contributed by atoms with Crippen LogP contribution in [0, 0.1) is 5.92 Å². The summed E-state index contributed by atoms with van der Waals surface area (Å²) in [5.41, 5.74) is 1.00. The number of benzene rings is 1. The Morgan fingerprint density at radius 2 is 2.05 bits per heavy atom. The first-order valence-electron chi connectivity index (χ1n) is 6.77. The van der Waals surface area contributed by atoms with Crippen LogP contribution in [0.5, 0.6) is 5.75 Å². The van der Waals surface area contributed by atoms with Crippen molar-refractivity contribution < 1.29 is 19.4 Å². The fraction of sp³-hybridized carbons (Fsp3) is 0.533. The van der Waals surface area contributed by atoms with E-state index in [9.17, 15) is 4.79 Å². The monoisotopic (exact) mass is 342 g/mol. The molecule has 1 N–H and O–H groups in total. The molecule has 1 fully saturated rings. The van der Waals surface area contributed by atoms with E-state index in [2.05, 4.69) is 15.9 Å². The Hall–Kier alpha value is -1.07. The summed E-state index contributed by atoms with van der Waals surface area (Å²) in [5, 5.41) is 8.97. The Morgan fingerprint density at radius 3 is 2.65 bits per heavy atom. The molecule has 0 aromatic heterocycles.